The predicted molar refractivity (Wildman–Crippen MR) is 92.2 cm³/mol. The van der Waals surface area contributed by atoms with Crippen molar-refractivity contribution in [1.82, 2.24) is 14.7 Å². The van der Waals surface area contributed by atoms with Crippen LogP contribution >= 0.6 is 0 Å². The van der Waals surface area contributed by atoms with Gasteiger partial charge in [-0.3, -0.25) is 0 Å². The summed E-state index contributed by atoms with van der Waals surface area (Å²) >= 11 is 0. The van der Waals surface area contributed by atoms with Crippen LogP contribution in [-0.2, 0) is 21.3 Å². The van der Waals surface area contributed by atoms with E-state index in [9.17, 15) is 21.6 Å². The molecule has 1 aromatic carbocycles. The molecule has 0 bridgehead atoms. The van der Waals surface area contributed by atoms with Gasteiger partial charge in [-0.2, -0.15) is 0 Å². The molecule has 28 heavy (non-hydrogen) atoms. The molecule has 8 nitrogen and oxygen atoms in total. The first-order valence-electron chi connectivity index (χ1n) is 8.23. The van der Waals surface area contributed by atoms with Crippen molar-refractivity contribution in [3.05, 3.63) is 42.2 Å². The first-order valence-corrected chi connectivity index (χ1v) is 9.71. The molecule has 152 valence electrons. The van der Waals surface area contributed by atoms with E-state index in [4.69, 9.17) is 4.74 Å². The Morgan fingerprint density at radius 3 is 2.46 bits per heavy atom. The van der Waals surface area contributed by atoms with E-state index < -0.39 is 22.1 Å². The summed E-state index contributed by atoms with van der Waals surface area (Å²) in [4.78, 5) is 10.3. The van der Waals surface area contributed by atoms with E-state index in [2.05, 4.69) is 19.4 Å². The van der Waals surface area contributed by atoms with Crippen LogP contribution in [0.15, 0.2) is 41.4 Å². The number of benzene rings is 1. The SMILES string of the molecule is O=S(=O)(NCc1ccnc(N2CCOCC2)n1)c1ccc(OC(F)(F)F)cc1. The zero-order valence-corrected chi connectivity index (χ0v) is 15.3. The lowest BCUT2D eigenvalue weighted by Gasteiger charge is -2.26. The van der Waals surface area contributed by atoms with Crippen molar-refractivity contribution in [2.24, 2.45) is 0 Å². The average molecular weight is 418 g/mol. The molecule has 0 aliphatic carbocycles. The van der Waals surface area contributed by atoms with Gasteiger partial charge in [-0.05, 0) is 30.3 Å². The first-order chi connectivity index (χ1) is 13.2. The normalized spacial score (nSPS) is 15.5. The Bertz CT molecular complexity index is 901. The van der Waals surface area contributed by atoms with Gasteiger partial charge in [0.15, 0.2) is 0 Å². The number of halogens is 3. The lowest BCUT2D eigenvalue weighted by atomic mass is 10.3. The van der Waals surface area contributed by atoms with Crippen LogP contribution in [0, 0.1) is 0 Å². The van der Waals surface area contributed by atoms with Gasteiger partial charge >= 0.3 is 6.36 Å². The lowest BCUT2D eigenvalue weighted by molar-refractivity contribution is -0.274. The van der Waals surface area contributed by atoms with Gasteiger partial charge in [-0.25, -0.2) is 23.1 Å². The van der Waals surface area contributed by atoms with Gasteiger partial charge in [0, 0.05) is 19.3 Å². The summed E-state index contributed by atoms with van der Waals surface area (Å²) in [5.74, 6) is -0.0222. The van der Waals surface area contributed by atoms with E-state index in [1.165, 1.54) is 6.20 Å². The largest absolute Gasteiger partial charge is 0.573 e. The third-order valence-electron chi connectivity index (χ3n) is 3.81. The number of hydrogen-bond acceptors (Lipinski definition) is 7. The van der Waals surface area contributed by atoms with Crippen LogP contribution in [-0.4, -0.2) is 51.1 Å². The number of anilines is 1. The standard InChI is InChI=1S/C16H17F3N4O4S/c17-16(18,19)27-13-1-3-14(4-2-13)28(24,25)21-11-12-5-6-20-15(22-12)23-7-9-26-10-8-23/h1-6,21H,7-11H2. The van der Waals surface area contributed by atoms with Crippen molar-refractivity contribution < 1.29 is 31.1 Å². The van der Waals surface area contributed by atoms with Crippen LogP contribution in [0.2, 0.25) is 0 Å². The Hall–Kier alpha value is -2.44. The molecule has 1 fully saturated rings. The number of hydrogen-bond donors (Lipinski definition) is 1. The molecule has 3 rings (SSSR count). The number of sulfonamides is 1. The molecule has 0 atom stereocenters. The molecular weight excluding hydrogens is 401 g/mol. The number of nitrogens with zero attached hydrogens (tertiary/aromatic N) is 3. The molecule has 0 unspecified atom stereocenters. The third kappa shape index (κ3) is 5.53. The summed E-state index contributed by atoms with van der Waals surface area (Å²) in [5, 5.41) is 0. The van der Waals surface area contributed by atoms with Gasteiger partial charge in [0.25, 0.3) is 0 Å². The van der Waals surface area contributed by atoms with Gasteiger partial charge in [-0.15, -0.1) is 13.2 Å². The summed E-state index contributed by atoms with van der Waals surface area (Å²) in [7, 11) is -3.94. The fourth-order valence-corrected chi connectivity index (χ4v) is 3.47. The van der Waals surface area contributed by atoms with Crippen molar-refractivity contribution in [3.8, 4) is 5.75 Å². The zero-order chi connectivity index (χ0) is 20.2. The molecule has 1 saturated heterocycles. The van der Waals surface area contributed by atoms with Crippen molar-refractivity contribution in [2.75, 3.05) is 31.2 Å². The Morgan fingerprint density at radius 2 is 1.82 bits per heavy atom. The molecule has 0 spiro atoms. The monoisotopic (exact) mass is 418 g/mol. The van der Waals surface area contributed by atoms with Gasteiger partial charge < -0.3 is 14.4 Å². The number of aromatic nitrogens is 2. The van der Waals surface area contributed by atoms with Gasteiger partial charge in [-0.1, -0.05) is 0 Å². The van der Waals surface area contributed by atoms with Gasteiger partial charge in [0.2, 0.25) is 16.0 Å². The quantitative estimate of drug-likeness (QED) is 0.763. The first kappa shape index (κ1) is 20.3. The van der Waals surface area contributed by atoms with Crippen LogP contribution in [0.1, 0.15) is 5.69 Å². The Kier molecular flexibility index (Phi) is 6.01. The Balaban J connectivity index is 1.65. The summed E-state index contributed by atoms with van der Waals surface area (Å²) in [6, 6.07) is 5.50. The van der Waals surface area contributed by atoms with E-state index in [-0.39, 0.29) is 11.4 Å². The van der Waals surface area contributed by atoms with Gasteiger partial charge in [0.1, 0.15) is 5.75 Å². The third-order valence-corrected chi connectivity index (χ3v) is 5.22. The molecule has 1 N–H and O–H groups in total. The van der Waals surface area contributed by atoms with Crippen molar-refractivity contribution in [1.29, 1.82) is 0 Å². The van der Waals surface area contributed by atoms with E-state index in [1.54, 1.807) is 6.07 Å². The number of alkyl halides is 3. The molecule has 0 saturated carbocycles. The van der Waals surface area contributed by atoms with E-state index in [0.717, 1.165) is 24.3 Å². The fraction of sp³-hybridized carbons (Fsp3) is 0.375. The highest BCUT2D eigenvalue weighted by Gasteiger charge is 2.31. The highest BCUT2D eigenvalue weighted by molar-refractivity contribution is 7.89. The summed E-state index contributed by atoms with van der Waals surface area (Å²) in [5.41, 5.74) is 0.456. The molecular formula is C16H17F3N4O4S. The van der Waals surface area contributed by atoms with E-state index in [1.807, 2.05) is 4.90 Å². The number of morpholine rings is 1. The molecule has 1 aromatic heterocycles. The number of ether oxygens (including phenoxy) is 2. The van der Waals surface area contributed by atoms with Crippen LogP contribution in [0.4, 0.5) is 19.1 Å². The molecule has 2 aromatic rings. The summed E-state index contributed by atoms with van der Waals surface area (Å²) in [6.07, 6.45) is -3.31. The van der Waals surface area contributed by atoms with Crippen LogP contribution in [0.5, 0.6) is 5.75 Å². The number of nitrogens with one attached hydrogen (secondary N) is 1. The maximum atomic E-state index is 12.3. The molecule has 1 aliphatic heterocycles. The van der Waals surface area contributed by atoms with Crippen molar-refractivity contribution in [3.63, 3.8) is 0 Å². The molecule has 2 heterocycles. The predicted octanol–water partition coefficient (Wildman–Crippen LogP) is 1.69. The molecule has 0 radical (unpaired) electrons. The van der Waals surface area contributed by atoms with Crippen LogP contribution < -0.4 is 14.4 Å². The van der Waals surface area contributed by atoms with Crippen LogP contribution in [0.25, 0.3) is 0 Å². The van der Waals surface area contributed by atoms with E-state index in [0.29, 0.717) is 37.9 Å². The molecule has 12 heteroatoms. The topological polar surface area (TPSA) is 93.7 Å². The molecule has 1 aliphatic rings. The second kappa shape index (κ2) is 8.29. The maximum absolute atomic E-state index is 12.3. The van der Waals surface area contributed by atoms with Crippen LogP contribution in [0.3, 0.4) is 0 Å². The second-order valence-corrected chi connectivity index (χ2v) is 7.56. The van der Waals surface area contributed by atoms with Crippen molar-refractivity contribution >= 4 is 16.0 Å². The Labute approximate surface area is 159 Å². The van der Waals surface area contributed by atoms with Gasteiger partial charge in [0.05, 0.1) is 30.3 Å². The van der Waals surface area contributed by atoms with E-state index >= 15 is 0 Å². The summed E-state index contributed by atoms with van der Waals surface area (Å²) in [6.45, 7) is 2.31. The lowest BCUT2D eigenvalue weighted by Crippen LogP contribution is -2.37. The maximum Gasteiger partial charge on any atom is 0.573 e. The highest BCUT2D eigenvalue weighted by Crippen LogP contribution is 2.24. The zero-order valence-electron chi connectivity index (χ0n) is 14.5. The average Bonchev–Trinajstić information content (AvgIpc) is 2.67. The second-order valence-electron chi connectivity index (χ2n) is 5.79. The minimum atomic E-state index is -4.84. The highest BCUT2D eigenvalue weighted by atomic mass is 32.2. The summed E-state index contributed by atoms with van der Waals surface area (Å²) < 4.78 is 72.6. The Morgan fingerprint density at radius 1 is 1.14 bits per heavy atom. The number of rotatable bonds is 6. The smallest absolute Gasteiger partial charge is 0.406 e. The molecule has 0 amide bonds. The minimum Gasteiger partial charge on any atom is -0.406 e. The fourth-order valence-electron chi connectivity index (χ4n) is 2.47. The minimum absolute atomic E-state index is 0.0943. The van der Waals surface area contributed by atoms with Crippen molar-refractivity contribution in [2.45, 2.75) is 17.8 Å².